The zero-order valence-electron chi connectivity index (χ0n) is 16.8. The molecule has 0 saturated heterocycles. The van der Waals surface area contributed by atoms with Crippen molar-refractivity contribution in [2.45, 2.75) is 46.1 Å². The van der Waals surface area contributed by atoms with E-state index in [0.717, 1.165) is 16.2 Å². The van der Waals surface area contributed by atoms with Gasteiger partial charge in [0, 0.05) is 26.8 Å². The van der Waals surface area contributed by atoms with E-state index in [-0.39, 0.29) is 5.82 Å². The lowest BCUT2D eigenvalue weighted by atomic mass is 10.2. The maximum Gasteiger partial charge on any atom is 0.332 e. The first-order valence-electron chi connectivity index (χ1n) is 9.57. The molecule has 148 valence electrons. The molecule has 7 heteroatoms. The topological polar surface area (TPSA) is 86.2 Å². The Kier molecular flexibility index (Phi) is 7.21. The molecule has 2 heterocycles. The summed E-state index contributed by atoms with van der Waals surface area (Å²) in [6.45, 7) is 5.29. The molecule has 27 heavy (non-hydrogen) atoms. The van der Waals surface area contributed by atoms with Crippen LogP contribution in [0.4, 0.5) is 11.5 Å². The molecular weight excluding hydrogens is 342 g/mol. The van der Waals surface area contributed by atoms with Gasteiger partial charge in [0.15, 0.2) is 0 Å². The van der Waals surface area contributed by atoms with Crippen LogP contribution in [0, 0.1) is 5.92 Å². The van der Waals surface area contributed by atoms with Gasteiger partial charge >= 0.3 is 5.69 Å². The van der Waals surface area contributed by atoms with Crippen molar-refractivity contribution in [1.29, 1.82) is 0 Å². The van der Waals surface area contributed by atoms with Crippen LogP contribution in [0.3, 0.4) is 0 Å². The number of rotatable bonds is 4. The molecule has 0 atom stereocenters. The average Bonchev–Trinajstić information content (AvgIpc) is 3.16. The lowest BCUT2D eigenvalue weighted by Gasteiger charge is -2.24. The number of hydrogen-bond donors (Lipinski definition) is 1. The molecule has 0 bridgehead atoms. The van der Waals surface area contributed by atoms with Crippen molar-refractivity contribution in [3.8, 4) is 0 Å². The summed E-state index contributed by atoms with van der Waals surface area (Å²) in [5.74, 6) is 1.21. The zero-order chi connectivity index (χ0) is 20.0. The van der Waals surface area contributed by atoms with Crippen LogP contribution >= 0.6 is 0 Å². The van der Waals surface area contributed by atoms with Gasteiger partial charge in [0.2, 0.25) is 0 Å². The molecule has 1 aliphatic carbocycles. The second-order valence-corrected chi connectivity index (χ2v) is 7.16. The van der Waals surface area contributed by atoms with Crippen molar-refractivity contribution in [2.75, 3.05) is 17.2 Å². The molecule has 0 amide bonds. The first-order valence-corrected chi connectivity index (χ1v) is 9.57. The van der Waals surface area contributed by atoms with Crippen molar-refractivity contribution >= 4 is 11.5 Å². The molecule has 2 aromatic heterocycles. The van der Waals surface area contributed by atoms with E-state index in [1.54, 1.807) is 13.2 Å². The maximum absolute atomic E-state index is 12.4. The van der Waals surface area contributed by atoms with Crippen molar-refractivity contribution in [3.63, 3.8) is 0 Å². The third kappa shape index (κ3) is 4.99. The monoisotopic (exact) mass is 373 g/mol. The fourth-order valence-electron chi connectivity index (χ4n) is 3.31. The number of aromatic nitrogens is 3. The average molecular weight is 374 g/mol. The van der Waals surface area contributed by atoms with Crippen LogP contribution in [0.15, 0.2) is 34.0 Å². The molecule has 1 fully saturated rings. The Morgan fingerprint density at radius 3 is 2.33 bits per heavy atom. The minimum absolute atomic E-state index is 0.167. The van der Waals surface area contributed by atoms with Gasteiger partial charge in [-0.15, -0.1) is 0 Å². The first kappa shape index (κ1) is 20.7. The van der Waals surface area contributed by atoms with Crippen LogP contribution < -0.4 is 21.9 Å². The fourth-order valence-corrected chi connectivity index (χ4v) is 3.31. The van der Waals surface area contributed by atoms with Crippen molar-refractivity contribution < 1.29 is 0 Å². The van der Waals surface area contributed by atoms with Gasteiger partial charge in [-0.25, -0.2) is 4.79 Å². The number of nitrogens with two attached hydrogens (primary N) is 1. The molecule has 3 rings (SSSR count). The zero-order valence-corrected chi connectivity index (χ0v) is 16.8. The van der Waals surface area contributed by atoms with E-state index in [0.29, 0.717) is 18.8 Å². The molecule has 0 radical (unpaired) electrons. The largest absolute Gasteiger partial charge is 0.383 e. The second-order valence-electron chi connectivity index (χ2n) is 7.16. The standard InChI is InChI=1S/C14H19N5O2.C6H12/c1-4-19(9-10-7-5-6-8-16-10)11-12(15)17(2)14(21)18(3)13(11)20;1-6-4-2-3-5-6/h5-8H,4,9,15H2,1-3H3;6H,2-5H2,1H3. The summed E-state index contributed by atoms with van der Waals surface area (Å²) < 4.78 is 2.34. The summed E-state index contributed by atoms with van der Waals surface area (Å²) in [6, 6.07) is 5.60. The predicted octanol–water partition coefficient (Wildman–Crippen LogP) is 2.28. The van der Waals surface area contributed by atoms with Crippen LogP contribution in [-0.4, -0.2) is 20.7 Å². The third-order valence-electron chi connectivity index (χ3n) is 5.11. The van der Waals surface area contributed by atoms with E-state index < -0.39 is 11.2 Å². The minimum atomic E-state index is -0.435. The van der Waals surface area contributed by atoms with Crippen molar-refractivity contribution in [1.82, 2.24) is 14.1 Å². The highest BCUT2D eigenvalue weighted by Gasteiger charge is 2.19. The number of pyridine rings is 1. The summed E-state index contributed by atoms with van der Waals surface area (Å²) in [6.07, 6.45) is 7.65. The van der Waals surface area contributed by atoms with E-state index in [9.17, 15) is 9.59 Å². The highest BCUT2D eigenvalue weighted by Crippen LogP contribution is 2.23. The summed E-state index contributed by atoms with van der Waals surface area (Å²) in [4.78, 5) is 30.3. The van der Waals surface area contributed by atoms with Gasteiger partial charge in [-0.05, 0) is 25.0 Å². The van der Waals surface area contributed by atoms with Crippen molar-refractivity contribution in [3.05, 3.63) is 50.9 Å². The maximum atomic E-state index is 12.4. The molecule has 1 aliphatic rings. The number of nitrogen functional groups attached to an aromatic ring is 1. The van der Waals surface area contributed by atoms with Gasteiger partial charge in [0.1, 0.15) is 11.5 Å². The Bertz CT molecular complexity index is 851. The molecule has 7 nitrogen and oxygen atoms in total. The first-order chi connectivity index (χ1) is 12.9. The van der Waals surface area contributed by atoms with Crippen LogP contribution in [0.5, 0.6) is 0 Å². The highest BCUT2D eigenvalue weighted by molar-refractivity contribution is 5.62. The molecule has 0 aromatic carbocycles. The normalized spacial score (nSPS) is 13.9. The number of anilines is 2. The lowest BCUT2D eigenvalue weighted by molar-refractivity contribution is 0.612. The van der Waals surface area contributed by atoms with Crippen molar-refractivity contribution in [2.24, 2.45) is 20.0 Å². The van der Waals surface area contributed by atoms with Crippen LogP contribution in [0.2, 0.25) is 0 Å². The summed E-state index contributed by atoms with van der Waals surface area (Å²) in [7, 11) is 3.00. The van der Waals surface area contributed by atoms with E-state index in [1.807, 2.05) is 30.0 Å². The summed E-state index contributed by atoms with van der Waals surface area (Å²) in [5.41, 5.74) is 6.30. The van der Waals surface area contributed by atoms with Gasteiger partial charge in [0.05, 0.1) is 12.2 Å². The van der Waals surface area contributed by atoms with Gasteiger partial charge in [-0.3, -0.25) is 18.9 Å². The highest BCUT2D eigenvalue weighted by atomic mass is 16.2. The Hall–Kier alpha value is -2.57. The molecule has 0 spiro atoms. The lowest BCUT2D eigenvalue weighted by Crippen LogP contribution is -2.42. The Morgan fingerprint density at radius 1 is 1.19 bits per heavy atom. The molecular formula is C20H31N5O2. The Labute approximate surface area is 160 Å². The van der Waals surface area contributed by atoms with Gasteiger partial charge < -0.3 is 10.6 Å². The smallest absolute Gasteiger partial charge is 0.332 e. The second kappa shape index (κ2) is 9.39. The SMILES string of the molecule is CC1CCCC1.CCN(Cc1ccccn1)c1c(N)n(C)c(=O)n(C)c1=O. The van der Waals surface area contributed by atoms with Crippen LogP contribution in [-0.2, 0) is 20.6 Å². The number of nitrogens with zero attached hydrogens (tertiary/aromatic N) is 4. The molecule has 2 N–H and O–H groups in total. The third-order valence-corrected chi connectivity index (χ3v) is 5.11. The Morgan fingerprint density at radius 2 is 1.85 bits per heavy atom. The Balaban J connectivity index is 0.000000369. The van der Waals surface area contributed by atoms with Crippen LogP contribution in [0.1, 0.15) is 45.2 Å². The predicted molar refractivity (Wildman–Crippen MR) is 110 cm³/mol. The van der Waals surface area contributed by atoms with Gasteiger partial charge in [-0.1, -0.05) is 38.7 Å². The van der Waals surface area contributed by atoms with E-state index >= 15 is 0 Å². The quantitative estimate of drug-likeness (QED) is 0.889. The minimum Gasteiger partial charge on any atom is -0.383 e. The number of hydrogen-bond acceptors (Lipinski definition) is 5. The molecule has 0 unspecified atom stereocenters. The van der Waals surface area contributed by atoms with E-state index in [1.165, 1.54) is 37.3 Å². The molecule has 1 saturated carbocycles. The van der Waals surface area contributed by atoms with Crippen LogP contribution in [0.25, 0.3) is 0 Å². The summed E-state index contributed by atoms with van der Waals surface area (Å²) in [5, 5.41) is 0. The molecule has 2 aromatic rings. The summed E-state index contributed by atoms with van der Waals surface area (Å²) >= 11 is 0. The van der Waals surface area contributed by atoms with Gasteiger partial charge in [-0.2, -0.15) is 0 Å². The van der Waals surface area contributed by atoms with E-state index in [2.05, 4.69) is 11.9 Å². The molecule has 0 aliphatic heterocycles. The van der Waals surface area contributed by atoms with E-state index in [4.69, 9.17) is 5.73 Å². The van der Waals surface area contributed by atoms with Gasteiger partial charge in [0.25, 0.3) is 5.56 Å². The fraction of sp³-hybridized carbons (Fsp3) is 0.550.